The molecule has 146 valence electrons. The molecule has 0 fully saturated rings. The Kier molecular flexibility index (Phi) is 4.95. The fourth-order valence-electron chi connectivity index (χ4n) is 2.93. The van der Waals surface area contributed by atoms with Crippen LogP contribution in [0.1, 0.15) is 34.4 Å². The Morgan fingerprint density at radius 1 is 1.07 bits per heavy atom. The number of hydrogen-bond donors (Lipinski definition) is 1. The predicted molar refractivity (Wildman–Crippen MR) is 110 cm³/mol. The summed E-state index contributed by atoms with van der Waals surface area (Å²) in [5, 5.41) is 11.4. The highest BCUT2D eigenvalue weighted by molar-refractivity contribution is 6.04. The summed E-state index contributed by atoms with van der Waals surface area (Å²) in [4.78, 5) is 17.0. The molecule has 0 atom stereocenters. The Labute approximate surface area is 168 Å². The van der Waals surface area contributed by atoms with Gasteiger partial charge >= 0.3 is 0 Å². The maximum atomic E-state index is 12.6. The second-order valence-corrected chi connectivity index (χ2v) is 6.81. The highest BCUT2D eigenvalue weighted by Gasteiger charge is 2.15. The summed E-state index contributed by atoms with van der Waals surface area (Å²) >= 11 is 0. The van der Waals surface area contributed by atoms with E-state index in [0.29, 0.717) is 29.4 Å². The molecule has 2 heterocycles. The fourth-order valence-corrected chi connectivity index (χ4v) is 2.93. The van der Waals surface area contributed by atoms with Crippen molar-refractivity contribution in [1.82, 2.24) is 19.9 Å². The van der Waals surface area contributed by atoms with E-state index in [9.17, 15) is 4.79 Å². The third-order valence-electron chi connectivity index (χ3n) is 4.61. The number of amides is 1. The molecular formula is C22H21N5O2. The molecule has 0 aliphatic heterocycles. The van der Waals surface area contributed by atoms with Gasteiger partial charge in [0.1, 0.15) is 0 Å². The van der Waals surface area contributed by atoms with E-state index >= 15 is 0 Å². The van der Waals surface area contributed by atoms with E-state index in [1.165, 1.54) is 0 Å². The van der Waals surface area contributed by atoms with E-state index in [0.717, 1.165) is 22.5 Å². The van der Waals surface area contributed by atoms with Gasteiger partial charge in [0.05, 0.1) is 16.9 Å². The van der Waals surface area contributed by atoms with Crippen LogP contribution >= 0.6 is 0 Å². The van der Waals surface area contributed by atoms with E-state index < -0.39 is 0 Å². The molecule has 7 heteroatoms. The van der Waals surface area contributed by atoms with Crippen molar-refractivity contribution in [3.05, 3.63) is 77.4 Å². The normalized spacial score (nSPS) is 10.9. The highest BCUT2D eigenvalue weighted by Crippen LogP contribution is 2.20. The molecule has 0 radical (unpaired) electrons. The number of carbonyl (C=O) groups excluding carboxylic acids is 1. The fraction of sp³-hybridized carbons (Fsp3) is 0.182. The molecule has 0 aliphatic carbocycles. The minimum atomic E-state index is -0.187. The zero-order valence-corrected chi connectivity index (χ0v) is 16.5. The van der Waals surface area contributed by atoms with E-state index in [-0.39, 0.29) is 5.91 Å². The van der Waals surface area contributed by atoms with Crippen LogP contribution in [-0.2, 0) is 6.42 Å². The maximum absolute atomic E-state index is 12.6. The van der Waals surface area contributed by atoms with Crippen LogP contribution in [0.4, 0.5) is 5.69 Å². The van der Waals surface area contributed by atoms with Gasteiger partial charge in [-0.1, -0.05) is 29.8 Å². The van der Waals surface area contributed by atoms with E-state index in [4.69, 9.17) is 4.52 Å². The van der Waals surface area contributed by atoms with Crippen LogP contribution in [0.5, 0.6) is 0 Å². The lowest BCUT2D eigenvalue weighted by molar-refractivity contribution is 0.102. The Bertz CT molecular complexity index is 1140. The minimum absolute atomic E-state index is 0.187. The largest absolute Gasteiger partial charge is 0.339 e. The Morgan fingerprint density at radius 2 is 1.79 bits per heavy atom. The smallest absolute Gasteiger partial charge is 0.259 e. The van der Waals surface area contributed by atoms with Gasteiger partial charge in [-0.05, 0) is 50.2 Å². The summed E-state index contributed by atoms with van der Waals surface area (Å²) in [5.41, 5.74) is 4.78. The topological polar surface area (TPSA) is 85.8 Å². The number of anilines is 1. The molecule has 0 aliphatic rings. The summed E-state index contributed by atoms with van der Waals surface area (Å²) in [6, 6.07) is 15.3. The molecular weight excluding hydrogens is 366 g/mol. The number of aryl methyl sites for hydroxylation is 3. The van der Waals surface area contributed by atoms with Crippen LogP contribution in [0.25, 0.3) is 17.1 Å². The first-order valence-corrected chi connectivity index (χ1v) is 9.41. The van der Waals surface area contributed by atoms with E-state index in [2.05, 4.69) is 20.6 Å². The second kappa shape index (κ2) is 7.71. The molecule has 0 saturated carbocycles. The van der Waals surface area contributed by atoms with Crippen LogP contribution in [0.3, 0.4) is 0 Å². The molecule has 0 unspecified atom stereocenters. The molecule has 0 saturated heterocycles. The van der Waals surface area contributed by atoms with Crippen molar-refractivity contribution < 1.29 is 9.32 Å². The van der Waals surface area contributed by atoms with Crippen LogP contribution < -0.4 is 5.32 Å². The molecule has 4 aromatic rings. The molecule has 1 amide bonds. The summed E-state index contributed by atoms with van der Waals surface area (Å²) in [6.07, 6.45) is 2.43. The zero-order valence-electron chi connectivity index (χ0n) is 16.5. The number of hydrogen-bond acceptors (Lipinski definition) is 5. The van der Waals surface area contributed by atoms with Crippen molar-refractivity contribution >= 4 is 11.6 Å². The van der Waals surface area contributed by atoms with Crippen molar-refractivity contribution in [2.75, 3.05) is 5.32 Å². The lowest BCUT2D eigenvalue weighted by Gasteiger charge is -2.04. The zero-order chi connectivity index (χ0) is 20.4. The summed E-state index contributed by atoms with van der Waals surface area (Å²) < 4.78 is 6.85. The molecule has 4 rings (SSSR count). The SMILES string of the molecule is CCc1nc(-c2ccc(-n3cc(C(=O)Nc4ccc(C)cc4)c(C)n3)cc2)no1. The Hall–Kier alpha value is -3.74. The Morgan fingerprint density at radius 3 is 2.45 bits per heavy atom. The van der Waals surface area contributed by atoms with Crippen molar-refractivity contribution in [3.8, 4) is 17.1 Å². The minimum Gasteiger partial charge on any atom is -0.339 e. The highest BCUT2D eigenvalue weighted by atomic mass is 16.5. The molecule has 0 bridgehead atoms. The molecule has 1 N–H and O–H groups in total. The molecule has 2 aromatic carbocycles. The van der Waals surface area contributed by atoms with E-state index in [1.807, 2.05) is 69.3 Å². The van der Waals surface area contributed by atoms with Gasteiger partial charge in [0.15, 0.2) is 0 Å². The monoisotopic (exact) mass is 387 g/mol. The number of benzene rings is 2. The van der Waals surface area contributed by atoms with E-state index in [1.54, 1.807) is 10.9 Å². The van der Waals surface area contributed by atoms with Crippen LogP contribution in [0, 0.1) is 13.8 Å². The lowest BCUT2D eigenvalue weighted by Crippen LogP contribution is -2.12. The molecule has 2 aromatic heterocycles. The van der Waals surface area contributed by atoms with Gasteiger partial charge in [-0.15, -0.1) is 0 Å². The summed E-state index contributed by atoms with van der Waals surface area (Å²) in [7, 11) is 0. The molecule has 0 spiro atoms. The van der Waals surface area contributed by atoms with Gasteiger partial charge < -0.3 is 9.84 Å². The van der Waals surface area contributed by atoms with Gasteiger partial charge in [0, 0.05) is 23.9 Å². The first-order valence-electron chi connectivity index (χ1n) is 9.41. The Balaban J connectivity index is 1.53. The molecule has 29 heavy (non-hydrogen) atoms. The van der Waals surface area contributed by atoms with Crippen molar-refractivity contribution in [3.63, 3.8) is 0 Å². The summed E-state index contributed by atoms with van der Waals surface area (Å²) in [5.74, 6) is 0.979. The number of nitrogens with one attached hydrogen (secondary N) is 1. The average molecular weight is 387 g/mol. The maximum Gasteiger partial charge on any atom is 0.259 e. The number of nitrogens with zero attached hydrogens (tertiary/aromatic N) is 4. The third-order valence-corrected chi connectivity index (χ3v) is 4.61. The number of carbonyl (C=O) groups is 1. The van der Waals surface area contributed by atoms with Crippen LogP contribution in [-0.4, -0.2) is 25.8 Å². The predicted octanol–water partition coefficient (Wildman–Crippen LogP) is 4.35. The first kappa shape index (κ1) is 18.6. The van der Waals surface area contributed by atoms with Gasteiger partial charge in [-0.3, -0.25) is 4.79 Å². The first-order chi connectivity index (χ1) is 14.0. The standard InChI is InChI=1S/C22H21N5O2/c1-4-20-24-21(26-29-20)16-7-11-18(12-8-16)27-13-19(15(3)25-27)22(28)23-17-9-5-14(2)6-10-17/h5-13H,4H2,1-3H3,(H,23,28). The lowest BCUT2D eigenvalue weighted by atomic mass is 10.2. The quantitative estimate of drug-likeness (QED) is 0.550. The average Bonchev–Trinajstić information content (AvgIpc) is 3.36. The van der Waals surface area contributed by atoms with Gasteiger partial charge in [0.25, 0.3) is 5.91 Å². The number of rotatable bonds is 5. The van der Waals surface area contributed by atoms with Crippen molar-refractivity contribution in [2.24, 2.45) is 0 Å². The van der Waals surface area contributed by atoms with Crippen molar-refractivity contribution in [2.45, 2.75) is 27.2 Å². The third kappa shape index (κ3) is 3.94. The van der Waals surface area contributed by atoms with Gasteiger partial charge in [-0.25, -0.2) is 4.68 Å². The second-order valence-electron chi connectivity index (χ2n) is 6.81. The van der Waals surface area contributed by atoms with Gasteiger partial charge in [0.2, 0.25) is 11.7 Å². The van der Waals surface area contributed by atoms with Gasteiger partial charge in [-0.2, -0.15) is 10.1 Å². The summed E-state index contributed by atoms with van der Waals surface area (Å²) in [6.45, 7) is 5.79. The number of aromatic nitrogens is 4. The van der Waals surface area contributed by atoms with Crippen LogP contribution in [0.15, 0.2) is 59.3 Å². The van der Waals surface area contributed by atoms with Crippen LogP contribution in [0.2, 0.25) is 0 Å². The molecule has 7 nitrogen and oxygen atoms in total. The van der Waals surface area contributed by atoms with Crippen molar-refractivity contribution in [1.29, 1.82) is 0 Å².